The molecule has 2 aromatic rings. The molecule has 0 fully saturated rings. The van der Waals surface area contributed by atoms with Gasteiger partial charge in [0, 0.05) is 6.08 Å². The standard InChI is InChI=1S/C23H24O2/c1-2-25-23(24)6-4-3-5-22-17-20-12-11-18-7-9-19(10-8-18)13-15-21(22)16-14-20/h3-10,14,16-17H,2,11-13,15H2,1H3/b5-3+,6-4+. The Morgan fingerprint density at radius 2 is 1.56 bits per heavy atom. The molecule has 0 saturated heterocycles. The summed E-state index contributed by atoms with van der Waals surface area (Å²) in [6.45, 7) is 2.21. The Morgan fingerprint density at radius 1 is 0.920 bits per heavy atom. The minimum absolute atomic E-state index is 0.300. The fourth-order valence-electron chi connectivity index (χ4n) is 3.11. The molecule has 0 heterocycles. The van der Waals surface area contributed by atoms with Crippen LogP contribution in [-0.4, -0.2) is 12.6 Å². The highest BCUT2D eigenvalue weighted by atomic mass is 16.5. The van der Waals surface area contributed by atoms with Crippen LogP contribution in [0.15, 0.2) is 60.7 Å². The molecule has 0 amide bonds. The lowest BCUT2D eigenvalue weighted by molar-refractivity contribution is -0.137. The fourth-order valence-corrected chi connectivity index (χ4v) is 3.11. The largest absolute Gasteiger partial charge is 0.463 e. The van der Waals surface area contributed by atoms with Crippen molar-refractivity contribution in [2.45, 2.75) is 32.6 Å². The fraction of sp³-hybridized carbons (Fsp3) is 0.261. The second kappa shape index (κ2) is 8.48. The first-order chi connectivity index (χ1) is 12.2. The highest BCUT2D eigenvalue weighted by molar-refractivity contribution is 5.82. The lowest BCUT2D eigenvalue weighted by atomic mass is 9.93. The number of ether oxygens (including phenoxy) is 1. The maximum Gasteiger partial charge on any atom is 0.330 e. The molecule has 4 bridgehead atoms. The van der Waals surface area contributed by atoms with Crippen molar-refractivity contribution in [3.05, 3.63) is 88.5 Å². The topological polar surface area (TPSA) is 26.3 Å². The summed E-state index contributed by atoms with van der Waals surface area (Å²) < 4.78 is 4.89. The summed E-state index contributed by atoms with van der Waals surface area (Å²) in [5.41, 5.74) is 6.70. The molecule has 0 spiro atoms. The first-order valence-electron chi connectivity index (χ1n) is 8.95. The van der Waals surface area contributed by atoms with E-state index in [-0.39, 0.29) is 5.97 Å². The van der Waals surface area contributed by atoms with E-state index in [9.17, 15) is 4.79 Å². The highest BCUT2D eigenvalue weighted by Gasteiger charge is 2.06. The molecule has 2 heteroatoms. The van der Waals surface area contributed by atoms with E-state index in [1.54, 1.807) is 6.08 Å². The zero-order valence-electron chi connectivity index (χ0n) is 14.7. The van der Waals surface area contributed by atoms with Gasteiger partial charge in [0.25, 0.3) is 0 Å². The maximum atomic E-state index is 11.4. The van der Waals surface area contributed by atoms with Gasteiger partial charge in [0.05, 0.1) is 6.61 Å². The van der Waals surface area contributed by atoms with Crippen molar-refractivity contribution in [1.82, 2.24) is 0 Å². The molecule has 128 valence electrons. The third-order valence-corrected chi connectivity index (χ3v) is 4.52. The van der Waals surface area contributed by atoms with Crippen molar-refractivity contribution in [2.75, 3.05) is 6.61 Å². The van der Waals surface area contributed by atoms with Gasteiger partial charge in [0.15, 0.2) is 0 Å². The summed E-state index contributed by atoms with van der Waals surface area (Å²) >= 11 is 0. The average molecular weight is 332 g/mol. The Bertz CT molecular complexity index is 782. The van der Waals surface area contributed by atoms with Gasteiger partial charge in [-0.1, -0.05) is 60.7 Å². The second-order valence-corrected chi connectivity index (χ2v) is 6.32. The van der Waals surface area contributed by atoms with Crippen LogP contribution in [0.5, 0.6) is 0 Å². The number of aryl methyl sites for hydroxylation is 4. The molecule has 25 heavy (non-hydrogen) atoms. The molecule has 0 aromatic heterocycles. The van der Waals surface area contributed by atoms with Crippen LogP contribution < -0.4 is 0 Å². The Morgan fingerprint density at radius 3 is 2.28 bits per heavy atom. The minimum atomic E-state index is -0.300. The third-order valence-electron chi connectivity index (χ3n) is 4.52. The van der Waals surface area contributed by atoms with Crippen LogP contribution in [0.25, 0.3) is 6.08 Å². The van der Waals surface area contributed by atoms with E-state index in [0.29, 0.717) is 6.61 Å². The lowest BCUT2D eigenvalue weighted by Crippen LogP contribution is -2.00. The van der Waals surface area contributed by atoms with E-state index in [0.717, 1.165) is 25.7 Å². The normalized spacial score (nSPS) is 14.0. The van der Waals surface area contributed by atoms with Crippen LogP contribution in [0.3, 0.4) is 0 Å². The number of carbonyl (C=O) groups excluding carboxylic acids is 1. The van der Waals surface area contributed by atoms with Crippen LogP contribution in [0, 0.1) is 0 Å². The molecule has 0 N–H and O–H groups in total. The zero-order valence-corrected chi connectivity index (χ0v) is 14.7. The van der Waals surface area contributed by atoms with E-state index < -0.39 is 0 Å². The Labute approximate surface area is 149 Å². The van der Waals surface area contributed by atoms with E-state index in [4.69, 9.17) is 4.74 Å². The number of esters is 1. The predicted molar refractivity (Wildman–Crippen MR) is 103 cm³/mol. The second-order valence-electron chi connectivity index (χ2n) is 6.32. The summed E-state index contributed by atoms with van der Waals surface area (Å²) in [6, 6.07) is 15.8. The number of carbonyl (C=O) groups is 1. The molecule has 6 rings (SSSR count). The van der Waals surface area contributed by atoms with Crippen LogP contribution in [-0.2, 0) is 35.2 Å². The van der Waals surface area contributed by atoms with Crippen LogP contribution in [0.1, 0.15) is 34.7 Å². The van der Waals surface area contributed by atoms with Gasteiger partial charge in [-0.2, -0.15) is 0 Å². The number of hydrogen-bond donors (Lipinski definition) is 0. The molecule has 0 saturated carbocycles. The van der Waals surface area contributed by atoms with E-state index in [2.05, 4.69) is 48.5 Å². The SMILES string of the molecule is CCOC(=O)/C=C/C=C/c1cc2ccc1CCc1ccc(cc1)CC2. The first kappa shape index (κ1) is 17.2. The summed E-state index contributed by atoms with van der Waals surface area (Å²) in [6.07, 6.45) is 11.4. The van der Waals surface area contributed by atoms with Crippen molar-refractivity contribution in [2.24, 2.45) is 0 Å². The highest BCUT2D eigenvalue weighted by Crippen LogP contribution is 2.20. The molecule has 2 aromatic carbocycles. The number of benzene rings is 2. The smallest absolute Gasteiger partial charge is 0.330 e. The zero-order chi connectivity index (χ0) is 17.5. The van der Waals surface area contributed by atoms with Crippen LogP contribution >= 0.6 is 0 Å². The number of rotatable bonds is 4. The van der Waals surface area contributed by atoms with Crippen molar-refractivity contribution in [3.63, 3.8) is 0 Å². The Kier molecular flexibility index (Phi) is 5.84. The van der Waals surface area contributed by atoms with Gasteiger partial charge < -0.3 is 4.74 Å². The molecule has 2 nitrogen and oxygen atoms in total. The van der Waals surface area contributed by atoms with Crippen molar-refractivity contribution < 1.29 is 9.53 Å². The van der Waals surface area contributed by atoms with Crippen LogP contribution in [0.4, 0.5) is 0 Å². The van der Waals surface area contributed by atoms with Gasteiger partial charge >= 0.3 is 5.97 Å². The van der Waals surface area contributed by atoms with Gasteiger partial charge in [0.2, 0.25) is 0 Å². The Balaban J connectivity index is 1.79. The van der Waals surface area contributed by atoms with E-state index in [1.807, 2.05) is 13.0 Å². The maximum absolute atomic E-state index is 11.4. The minimum Gasteiger partial charge on any atom is -0.463 e. The number of allylic oxidation sites excluding steroid dienone is 2. The summed E-state index contributed by atoms with van der Waals surface area (Å²) in [5.74, 6) is -0.300. The summed E-state index contributed by atoms with van der Waals surface area (Å²) in [5, 5.41) is 0. The van der Waals surface area contributed by atoms with E-state index in [1.165, 1.54) is 33.9 Å². The summed E-state index contributed by atoms with van der Waals surface area (Å²) in [7, 11) is 0. The molecular weight excluding hydrogens is 308 g/mol. The van der Waals surface area contributed by atoms with Crippen molar-refractivity contribution in [1.29, 1.82) is 0 Å². The lowest BCUT2D eigenvalue weighted by Gasteiger charge is -2.12. The van der Waals surface area contributed by atoms with Gasteiger partial charge in [-0.05, 0) is 60.4 Å². The monoisotopic (exact) mass is 332 g/mol. The molecule has 0 unspecified atom stereocenters. The van der Waals surface area contributed by atoms with E-state index >= 15 is 0 Å². The molecule has 0 atom stereocenters. The molecule has 0 aliphatic heterocycles. The predicted octanol–water partition coefficient (Wildman–Crippen LogP) is 4.70. The van der Waals surface area contributed by atoms with Crippen molar-refractivity contribution in [3.8, 4) is 0 Å². The van der Waals surface area contributed by atoms with Gasteiger partial charge in [-0.3, -0.25) is 0 Å². The van der Waals surface area contributed by atoms with Gasteiger partial charge in [-0.15, -0.1) is 0 Å². The quantitative estimate of drug-likeness (QED) is 0.461. The summed E-state index contributed by atoms with van der Waals surface area (Å²) in [4.78, 5) is 11.4. The Hall–Kier alpha value is -2.61. The number of hydrogen-bond acceptors (Lipinski definition) is 2. The third kappa shape index (κ3) is 4.93. The molecule has 4 aliphatic carbocycles. The average Bonchev–Trinajstić information content (AvgIpc) is 2.62. The van der Waals surface area contributed by atoms with Crippen molar-refractivity contribution >= 4 is 12.0 Å². The molecule has 0 radical (unpaired) electrons. The molecular formula is C23H24O2. The van der Waals surface area contributed by atoms with Crippen LogP contribution in [0.2, 0.25) is 0 Å². The van der Waals surface area contributed by atoms with Gasteiger partial charge in [0.1, 0.15) is 0 Å². The molecule has 4 aliphatic rings. The first-order valence-corrected chi connectivity index (χ1v) is 8.95. The van der Waals surface area contributed by atoms with Gasteiger partial charge in [-0.25, -0.2) is 4.79 Å².